The summed E-state index contributed by atoms with van der Waals surface area (Å²) in [5.41, 5.74) is 9.45. The molecule has 0 aliphatic heterocycles. The van der Waals surface area contributed by atoms with Crippen LogP contribution in [0.25, 0.3) is 10.4 Å². The fourth-order valence-corrected chi connectivity index (χ4v) is 1.86. The third kappa shape index (κ3) is 4.17. The summed E-state index contributed by atoms with van der Waals surface area (Å²) in [6.45, 7) is 0.0415. The summed E-state index contributed by atoms with van der Waals surface area (Å²) in [7, 11) is 1.23. The number of nitrogens with zero attached hydrogens (tertiary/aromatic N) is 3. The number of hydrogen-bond acceptors (Lipinski definition) is 5. The van der Waals surface area contributed by atoms with Crippen LogP contribution in [0.4, 0.5) is 0 Å². The van der Waals surface area contributed by atoms with Crippen molar-refractivity contribution in [3.63, 3.8) is 0 Å². The lowest BCUT2D eigenvalue weighted by Crippen LogP contribution is -2.04. The molecule has 96 valence electrons. The van der Waals surface area contributed by atoms with E-state index in [0.29, 0.717) is 11.1 Å². The number of azide groups is 1. The van der Waals surface area contributed by atoms with Crippen LogP contribution in [0, 0.1) is 0 Å². The number of hydrogen-bond donors (Lipinski definition) is 0. The summed E-state index contributed by atoms with van der Waals surface area (Å²) >= 11 is -2.26. The predicted octanol–water partition coefficient (Wildman–Crippen LogP) is 1.66. The number of methoxy groups -OCH3 is 1. The number of benzene rings is 1. The molecule has 0 radical (unpaired) electrons. The molecule has 1 atom stereocenters. The lowest BCUT2D eigenvalue weighted by atomic mass is 10.1. The second-order valence-electron chi connectivity index (χ2n) is 3.37. The molecule has 1 rings (SSSR count). The Morgan fingerprint density at radius 2 is 2.17 bits per heavy atom. The molecule has 18 heavy (non-hydrogen) atoms. The Labute approximate surface area is 106 Å². The van der Waals surface area contributed by atoms with Gasteiger partial charge in [-0.3, -0.25) is 4.21 Å². The summed E-state index contributed by atoms with van der Waals surface area (Å²) in [5, 5.41) is 3.36. The second kappa shape index (κ2) is 6.75. The molecule has 0 saturated carbocycles. The molecule has 0 saturated heterocycles. The zero-order valence-corrected chi connectivity index (χ0v) is 10.3. The quantitative estimate of drug-likeness (QED) is 0.265. The highest BCUT2D eigenvalue weighted by Crippen LogP contribution is 2.14. The first-order valence-corrected chi connectivity index (χ1v) is 6.09. The van der Waals surface area contributed by atoms with E-state index in [9.17, 15) is 13.6 Å². The molecule has 0 fully saturated rings. The van der Waals surface area contributed by atoms with Crippen molar-refractivity contribution in [1.82, 2.24) is 0 Å². The van der Waals surface area contributed by atoms with Gasteiger partial charge in [-0.25, -0.2) is 4.79 Å². The van der Waals surface area contributed by atoms with Gasteiger partial charge in [0.25, 0.3) is 0 Å². The van der Waals surface area contributed by atoms with Gasteiger partial charge in [0.2, 0.25) is 0 Å². The van der Waals surface area contributed by atoms with Crippen LogP contribution in [0.5, 0.6) is 0 Å². The zero-order valence-electron chi connectivity index (χ0n) is 9.53. The fourth-order valence-electron chi connectivity index (χ4n) is 1.42. The largest absolute Gasteiger partial charge is 0.772 e. The van der Waals surface area contributed by atoms with Gasteiger partial charge in [0.05, 0.1) is 19.2 Å². The monoisotopic (exact) mass is 268 g/mol. The Balaban J connectivity index is 3.14. The lowest BCUT2D eigenvalue weighted by molar-refractivity contribution is 0.0600. The Morgan fingerprint density at radius 3 is 2.72 bits per heavy atom. The topological polar surface area (TPSA) is 115 Å². The van der Waals surface area contributed by atoms with Crippen molar-refractivity contribution < 1.29 is 18.3 Å². The Bertz CT molecular complexity index is 504. The SMILES string of the molecule is COC(=O)c1cc(CN=[N+]=[N-])cc(CS(=O)[O-])c1. The minimum absolute atomic E-state index is 0.0415. The van der Waals surface area contributed by atoms with Gasteiger partial charge >= 0.3 is 5.97 Å². The van der Waals surface area contributed by atoms with Crippen LogP contribution in [0.2, 0.25) is 0 Å². The van der Waals surface area contributed by atoms with E-state index in [-0.39, 0.29) is 17.9 Å². The first-order valence-electron chi connectivity index (χ1n) is 4.84. The summed E-state index contributed by atoms with van der Waals surface area (Å²) in [6.07, 6.45) is 0. The summed E-state index contributed by atoms with van der Waals surface area (Å²) in [4.78, 5) is 14.0. The number of carbonyl (C=O) groups is 1. The van der Waals surface area contributed by atoms with Crippen molar-refractivity contribution in [1.29, 1.82) is 0 Å². The molecule has 0 amide bonds. The van der Waals surface area contributed by atoms with E-state index in [2.05, 4.69) is 14.8 Å². The fraction of sp³-hybridized carbons (Fsp3) is 0.300. The molecule has 1 aromatic carbocycles. The molecule has 0 N–H and O–H groups in total. The molecule has 0 bridgehead atoms. The standard InChI is InChI=1S/C10H11N3O4S/c1-17-10(14)9-3-7(5-12-13-11)2-8(4-9)6-18(15)16/h2-4H,5-6H2,1H3,(H,15,16)/p-1. The van der Waals surface area contributed by atoms with E-state index in [1.165, 1.54) is 19.2 Å². The van der Waals surface area contributed by atoms with E-state index < -0.39 is 17.0 Å². The maximum absolute atomic E-state index is 11.4. The average Bonchev–Trinajstić information content (AvgIpc) is 2.34. The van der Waals surface area contributed by atoms with Gasteiger partial charge in [-0.15, -0.1) is 0 Å². The van der Waals surface area contributed by atoms with E-state index in [0.717, 1.165) is 0 Å². The summed E-state index contributed by atoms with van der Waals surface area (Å²) in [5.74, 6) is -0.788. The predicted molar refractivity (Wildman–Crippen MR) is 63.3 cm³/mol. The molecule has 1 unspecified atom stereocenters. The minimum atomic E-state index is -2.26. The van der Waals surface area contributed by atoms with Crippen LogP contribution in [0.3, 0.4) is 0 Å². The van der Waals surface area contributed by atoms with Crippen LogP contribution < -0.4 is 0 Å². The van der Waals surface area contributed by atoms with Crippen molar-refractivity contribution in [2.24, 2.45) is 5.11 Å². The highest BCUT2D eigenvalue weighted by Gasteiger charge is 2.08. The van der Waals surface area contributed by atoms with Gasteiger partial charge in [-0.05, 0) is 28.8 Å². The highest BCUT2D eigenvalue weighted by molar-refractivity contribution is 7.78. The third-order valence-corrected chi connectivity index (χ3v) is 2.64. The van der Waals surface area contributed by atoms with E-state index in [4.69, 9.17) is 5.53 Å². The molecular weight excluding hydrogens is 258 g/mol. The normalized spacial score (nSPS) is 11.4. The molecule has 0 aromatic heterocycles. The van der Waals surface area contributed by atoms with Crippen LogP contribution in [-0.4, -0.2) is 21.8 Å². The molecule has 0 aliphatic carbocycles. The second-order valence-corrected chi connectivity index (χ2v) is 4.26. The number of carbonyl (C=O) groups excluding carboxylic acids is 1. The van der Waals surface area contributed by atoms with Gasteiger partial charge in [-0.2, -0.15) is 0 Å². The smallest absolute Gasteiger partial charge is 0.337 e. The van der Waals surface area contributed by atoms with Gasteiger partial charge in [0.15, 0.2) is 0 Å². The van der Waals surface area contributed by atoms with Gasteiger partial charge in [0, 0.05) is 10.7 Å². The minimum Gasteiger partial charge on any atom is -0.772 e. The maximum atomic E-state index is 11.4. The van der Waals surface area contributed by atoms with Crippen LogP contribution in [0.1, 0.15) is 21.5 Å². The molecule has 0 heterocycles. The first kappa shape index (κ1) is 14.2. The number of esters is 1. The Hall–Kier alpha value is -1.89. The van der Waals surface area contributed by atoms with Crippen molar-refractivity contribution >= 4 is 17.0 Å². The molecule has 1 aromatic rings. The molecule has 7 nitrogen and oxygen atoms in total. The van der Waals surface area contributed by atoms with Gasteiger partial charge in [-0.1, -0.05) is 22.3 Å². The van der Waals surface area contributed by atoms with E-state index in [1.807, 2.05) is 0 Å². The maximum Gasteiger partial charge on any atom is 0.337 e. The molecule has 0 spiro atoms. The zero-order chi connectivity index (χ0) is 13.5. The third-order valence-electron chi connectivity index (χ3n) is 2.07. The van der Waals surface area contributed by atoms with Crippen molar-refractivity contribution in [3.8, 4) is 0 Å². The Kier molecular flexibility index (Phi) is 5.31. The van der Waals surface area contributed by atoms with Crippen LogP contribution in [0.15, 0.2) is 23.3 Å². The number of ether oxygens (including phenoxy) is 1. The van der Waals surface area contributed by atoms with Crippen molar-refractivity contribution in [2.45, 2.75) is 12.3 Å². The lowest BCUT2D eigenvalue weighted by Gasteiger charge is -2.09. The van der Waals surface area contributed by atoms with Crippen LogP contribution in [-0.2, 0) is 28.1 Å². The summed E-state index contributed by atoms with van der Waals surface area (Å²) in [6, 6.07) is 4.50. The number of rotatable bonds is 5. The van der Waals surface area contributed by atoms with E-state index >= 15 is 0 Å². The molecule has 8 heteroatoms. The van der Waals surface area contributed by atoms with Crippen LogP contribution >= 0.6 is 0 Å². The van der Waals surface area contributed by atoms with Gasteiger partial charge in [0.1, 0.15) is 0 Å². The molecular formula is C10H10N3O4S-. The highest BCUT2D eigenvalue weighted by atomic mass is 32.2. The van der Waals surface area contributed by atoms with E-state index in [1.54, 1.807) is 6.07 Å². The molecule has 0 aliphatic rings. The Morgan fingerprint density at radius 1 is 1.50 bits per heavy atom. The first-order chi connectivity index (χ1) is 8.56. The van der Waals surface area contributed by atoms with Crippen molar-refractivity contribution in [3.05, 3.63) is 45.3 Å². The van der Waals surface area contributed by atoms with Crippen molar-refractivity contribution in [2.75, 3.05) is 7.11 Å². The summed E-state index contributed by atoms with van der Waals surface area (Å²) < 4.78 is 25.9. The average molecular weight is 268 g/mol. The van der Waals surface area contributed by atoms with Gasteiger partial charge < -0.3 is 9.29 Å².